The van der Waals surface area contributed by atoms with Crippen molar-refractivity contribution in [2.24, 2.45) is 5.41 Å². The smallest absolute Gasteiger partial charge is 0.339 e. The second kappa shape index (κ2) is 11.6. The Labute approximate surface area is 276 Å². The predicted octanol–water partition coefficient (Wildman–Crippen LogP) is 4.66. The van der Waals surface area contributed by atoms with E-state index in [0.29, 0.717) is 41.3 Å². The van der Waals surface area contributed by atoms with Crippen LogP contribution in [0.5, 0.6) is 0 Å². The van der Waals surface area contributed by atoms with Crippen LogP contribution in [0.2, 0.25) is 0 Å². The van der Waals surface area contributed by atoms with E-state index >= 15 is 0 Å². The summed E-state index contributed by atoms with van der Waals surface area (Å²) in [4.78, 5) is 58.6. The maximum absolute atomic E-state index is 14.2. The maximum atomic E-state index is 14.2. The number of piperidine rings is 1. The topological polar surface area (TPSA) is 162 Å². The van der Waals surface area contributed by atoms with E-state index in [4.69, 9.17) is 4.52 Å². The third-order valence-corrected chi connectivity index (χ3v) is 9.14. The average molecular weight is 674 g/mol. The van der Waals surface area contributed by atoms with Crippen LogP contribution in [0.1, 0.15) is 59.1 Å². The number of nitrogens with zero attached hydrogens (tertiary/aromatic N) is 8. The number of alkyl halides is 3. The van der Waals surface area contributed by atoms with E-state index in [1.165, 1.54) is 22.6 Å². The monoisotopic (exact) mass is 673 g/mol. The molecule has 1 aromatic carbocycles. The number of ketones is 1. The molecule has 1 N–H and O–H groups in total. The Morgan fingerprint density at radius 2 is 1.78 bits per heavy atom. The molecule has 1 saturated heterocycles. The van der Waals surface area contributed by atoms with Gasteiger partial charge in [0.15, 0.2) is 11.6 Å². The molecule has 49 heavy (non-hydrogen) atoms. The van der Waals surface area contributed by atoms with Crippen molar-refractivity contribution >= 4 is 34.3 Å². The molecular formula is C33H30F3N9O4. The van der Waals surface area contributed by atoms with Gasteiger partial charge in [-0.25, -0.2) is 15.0 Å². The minimum atomic E-state index is -4.71. The van der Waals surface area contributed by atoms with Crippen molar-refractivity contribution in [2.45, 2.75) is 71.8 Å². The molecule has 1 aliphatic heterocycles. The van der Waals surface area contributed by atoms with Crippen molar-refractivity contribution in [3.05, 3.63) is 77.2 Å². The van der Waals surface area contributed by atoms with Crippen molar-refractivity contribution in [3.8, 4) is 11.1 Å². The third-order valence-electron chi connectivity index (χ3n) is 9.14. The average Bonchev–Trinajstić information content (AvgIpc) is 3.29. The van der Waals surface area contributed by atoms with Crippen LogP contribution >= 0.6 is 0 Å². The van der Waals surface area contributed by atoms with Gasteiger partial charge >= 0.3 is 6.18 Å². The summed E-state index contributed by atoms with van der Waals surface area (Å²) < 4.78 is 46.8. The van der Waals surface area contributed by atoms with E-state index in [1.807, 2.05) is 19.1 Å². The normalized spacial score (nSPS) is 20.0. The highest BCUT2D eigenvalue weighted by Crippen LogP contribution is 2.61. The number of carbonyl (C=O) groups is 3. The molecule has 0 radical (unpaired) electrons. The lowest BCUT2D eigenvalue weighted by atomic mass is 9.95. The van der Waals surface area contributed by atoms with E-state index in [0.717, 1.165) is 28.8 Å². The van der Waals surface area contributed by atoms with Gasteiger partial charge in [-0.3, -0.25) is 19.1 Å². The number of aromatic nitrogens is 7. The summed E-state index contributed by atoms with van der Waals surface area (Å²) in [5, 5.41) is 11.4. The van der Waals surface area contributed by atoms with E-state index < -0.39 is 35.1 Å². The quantitative estimate of drug-likeness (QED) is 0.229. The van der Waals surface area contributed by atoms with Gasteiger partial charge in [-0.1, -0.05) is 11.2 Å². The Kier molecular flexibility index (Phi) is 7.56. The number of carbonyl (C=O) groups excluding carboxylic acids is 3. The predicted molar refractivity (Wildman–Crippen MR) is 167 cm³/mol. The number of aryl methyl sites for hydroxylation is 3. The number of amides is 2. The molecule has 4 aromatic heterocycles. The first-order valence-corrected chi connectivity index (χ1v) is 15.5. The molecule has 5 heterocycles. The number of hydrogen-bond donors (Lipinski definition) is 1. The van der Waals surface area contributed by atoms with Gasteiger partial charge in [0.2, 0.25) is 17.7 Å². The zero-order chi connectivity index (χ0) is 34.8. The summed E-state index contributed by atoms with van der Waals surface area (Å²) in [6.07, 6.45) is -0.231. The fourth-order valence-electron chi connectivity index (χ4n) is 6.87. The van der Waals surface area contributed by atoms with E-state index in [2.05, 4.69) is 35.5 Å². The lowest BCUT2D eigenvalue weighted by molar-refractivity contribution is -0.141. The molecule has 252 valence electrons. The van der Waals surface area contributed by atoms with Gasteiger partial charge in [0.05, 0.1) is 5.52 Å². The fourth-order valence-corrected chi connectivity index (χ4v) is 6.87. The van der Waals surface area contributed by atoms with Crippen LogP contribution in [0, 0.1) is 26.2 Å². The molecule has 2 aliphatic rings. The molecule has 16 heteroatoms. The molecule has 13 nitrogen and oxygen atoms in total. The van der Waals surface area contributed by atoms with Crippen LogP contribution in [0.15, 0.2) is 47.2 Å². The molecule has 7 rings (SSSR count). The van der Waals surface area contributed by atoms with Crippen LogP contribution in [0.25, 0.3) is 22.0 Å². The Bertz CT molecular complexity index is 2140. The Hall–Kier alpha value is -5.54. The van der Waals surface area contributed by atoms with Gasteiger partial charge in [0, 0.05) is 48.1 Å². The van der Waals surface area contributed by atoms with Crippen molar-refractivity contribution in [2.75, 3.05) is 5.32 Å². The van der Waals surface area contributed by atoms with Gasteiger partial charge in [-0.15, -0.1) is 0 Å². The zero-order valence-electron chi connectivity index (χ0n) is 26.9. The van der Waals surface area contributed by atoms with E-state index in [1.54, 1.807) is 26.2 Å². The molecule has 5 aromatic rings. The maximum Gasteiger partial charge on any atom is 0.433 e. The first kappa shape index (κ1) is 32.0. The SMILES string of the molecule is CC(=O)c1nn(CC(=O)N2[C@H](C(=O)Nc3cccc(C(F)(F)F)n3)C[C@@]3(Cc4nc(C)no4)C[C@@H]23)c2c(C)cc(-c3cnc(C)nc3)cc12. The molecule has 2 fully saturated rings. The van der Waals surface area contributed by atoms with Gasteiger partial charge in [-0.05, 0) is 69.0 Å². The van der Waals surface area contributed by atoms with Crippen LogP contribution in [0.3, 0.4) is 0 Å². The van der Waals surface area contributed by atoms with Gasteiger partial charge in [0.25, 0.3) is 0 Å². The van der Waals surface area contributed by atoms with E-state index in [9.17, 15) is 27.6 Å². The molecule has 0 unspecified atom stereocenters. The van der Waals surface area contributed by atoms with Crippen LogP contribution in [-0.4, -0.2) is 69.5 Å². The Morgan fingerprint density at radius 3 is 2.45 bits per heavy atom. The number of Topliss-reactive ketones (excluding diaryl/α,β-unsaturated/α-hetero) is 1. The molecule has 3 atom stereocenters. The highest BCUT2D eigenvalue weighted by Gasteiger charge is 2.67. The number of fused-ring (bicyclic) bond motifs is 2. The van der Waals surface area contributed by atoms with Gasteiger partial charge in [-0.2, -0.15) is 23.3 Å². The molecular weight excluding hydrogens is 643 g/mol. The minimum absolute atomic E-state index is 0.180. The van der Waals surface area contributed by atoms with Crippen molar-refractivity contribution in [1.82, 2.24) is 39.8 Å². The second-order valence-electron chi connectivity index (χ2n) is 12.7. The number of hydrogen-bond acceptors (Lipinski definition) is 10. The largest absolute Gasteiger partial charge is 0.433 e. The highest BCUT2D eigenvalue weighted by atomic mass is 19.4. The van der Waals surface area contributed by atoms with E-state index in [-0.39, 0.29) is 36.3 Å². The molecule has 0 spiro atoms. The van der Waals surface area contributed by atoms with Crippen LogP contribution < -0.4 is 5.32 Å². The number of halogens is 3. The van der Waals surface area contributed by atoms with Crippen LogP contribution in [0.4, 0.5) is 19.0 Å². The lowest BCUT2D eigenvalue weighted by Gasteiger charge is -2.27. The molecule has 1 aliphatic carbocycles. The highest BCUT2D eigenvalue weighted by molar-refractivity contribution is 6.07. The summed E-state index contributed by atoms with van der Waals surface area (Å²) in [5.74, 6) is -0.283. The number of pyridine rings is 1. The second-order valence-corrected chi connectivity index (χ2v) is 12.7. The Morgan fingerprint density at radius 1 is 1.02 bits per heavy atom. The Balaban J connectivity index is 1.21. The van der Waals surface area contributed by atoms with Crippen molar-refractivity contribution < 1.29 is 32.1 Å². The number of likely N-dealkylation sites (tertiary alicyclic amines) is 1. The molecule has 1 saturated carbocycles. The summed E-state index contributed by atoms with van der Waals surface area (Å²) in [6.45, 7) is 6.41. The minimum Gasteiger partial charge on any atom is -0.339 e. The number of rotatable bonds is 8. The van der Waals surface area contributed by atoms with Gasteiger partial charge in [0.1, 0.15) is 35.6 Å². The zero-order valence-corrected chi connectivity index (χ0v) is 26.9. The van der Waals surface area contributed by atoms with Gasteiger partial charge < -0.3 is 14.7 Å². The summed E-state index contributed by atoms with van der Waals surface area (Å²) in [5.41, 5.74) is 1.33. The molecule has 0 bridgehead atoms. The first-order valence-electron chi connectivity index (χ1n) is 15.5. The summed E-state index contributed by atoms with van der Waals surface area (Å²) >= 11 is 0. The van der Waals surface area contributed by atoms with Crippen LogP contribution in [-0.2, 0) is 28.7 Å². The number of benzene rings is 1. The summed E-state index contributed by atoms with van der Waals surface area (Å²) in [7, 11) is 0. The van der Waals surface area contributed by atoms with Crippen molar-refractivity contribution in [1.29, 1.82) is 0 Å². The standard InChI is InChI=1S/C33H30F3N9O4/c1-16-8-20(21-13-37-18(3)38-14-21)9-22-29(17(2)46)42-44(30(16)22)15-28(47)45-23(10-32(11-25(32)45)12-27-39-19(4)43-49-27)31(48)41-26-7-5-6-24(40-26)33(34,35)36/h5-9,13-14,23,25H,10-12,15H2,1-4H3,(H,40,41,48)/t23-,25+,32-/m0/s1. The summed E-state index contributed by atoms with van der Waals surface area (Å²) in [6, 6.07) is 5.51. The fraction of sp³-hybridized carbons (Fsp3) is 0.364. The lowest BCUT2D eigenvalue weighted by Crippen LogP contribution is -2.46. The van der Waals surface area contributed by atoms with Crippen molar-refractivity contribution in [3.63, 3.8) is 0 Å². The molecule has 2 amide bonds. The number of anilines is 1. The number of nitrogens with one attached hydrogen (secondary N) is 1. The first-order chi connectivity index (χ1) is 23.2. The third kappa shape index (κ3) is 5.91.